The van der Waals surface area contributed by atoms with E-state index in [-0.39, 0.29) is 18.1 Å². The van der Waals surface area contributed by atoms with Crippen LogP contribution in [0, 0.1) is 6.92 Å². The first-order valence-electron chi connectivity index (χ1n) is 6.11. The van der Waals surface area contributed by atoms with Gasteiger partial charge in [-0.1, -0.05) is 0 Å². The fraction of sp³-hybridized carbons (Fsp3) is 0.583. The van der Waals surface area contributed by atoms with Gasteiger partial charge in [-0.05, 0) is 6.92 Å². The molecule has 2 N–H and O–H groups in total. The summed E-state index contributed by atoms with van der Waals surface area (Å²) < 4.78 is 5.57. The summed E-state index contributed by atoms with van der Waals surface area (Å²) in [6, 6.07) is -0.445. The van der Waals surface area contributed by atoms with Gasteiger partial charge in [-0.2, -0.15) is 0 Å². The van der Waals surface area contributed by atoms with Crippen molar-refractivity contribution in [3.05, 3.63) is 23.8 Å². The molecule has 3 atom stereocenters. The van der Waals surface area contributed by atoms with Crippen molar-refractivity contribution in [2.24, 2.45) is 5.73 Å². The number of amides is 1. The maximum atomic E-state index is 11.7. The Morgan fingerprint density at radius 2 is 2.00 bits per heavy atom. The quantitative estimate of drug-likeness (QED) is 0.800. The van der Waals surface area contributed by atoms with E-state index in [1.807, 2.05) is 6.92 Å². The minimum Gasteiger partial charge on any atom is -0.372 e. The summed E-state index contributed by atoms with van der Waals surface area (Å²) in [5, 5.41) is 0. The molecular formula is C12H16N4O2. The molecular weight excluding hydrogens is 232 g/mol. The third-order valence-corrected chi connectivity index (χ3v) is 3.54. The number of nitrogens with zero attached hydrogens (tertiary/aromatic N) is 3. The summed E-state index contributed by atoms with van der Waals surface area (Å²) in [6.07, 6.45) is 4.94. The second-order valence-corrected chi connectivity index (χ2v) is 4.94. The van der Waals surface area contributed by atoms with Crippen LogP contribution in [0.2, 0.25) is 0 Å². The van der Waals surface area contributed by atoms with E-state index in [9.17, 15) is 4.79 Å². The molecule has 3 fully saturated rings. The Balaban J connectivity index is 1.83. The van der Waals surface area contributed by atoms with E-state index in [0.717, 1.165) is 25.1 Å². The highest BCUT2D eigenvalue weighted by molar-refractivity contribution is 5.81. The summed E-state index contributed by atoms with van der Waals surface area (Å²) in [5.41, 5.74) is 6.28. The number of aryl methyl sites for hydroxylation is 1. The van der Waals surface area contributed by atoms with Crippen LogP contribution >= 0.6 is 0 Å². The molecule has 4 heterocycles. The summed E-state index contributed by atoms with van der Waals surface area (Å²) in [7, 11) is 0. The first kappa shape index (κ1) is 11.6. The Morgan fingerprint density at radius 3 is 2.50 bits per heavy atom. The van der Waals surface area contributed by atoms with Crippen molar-refractivity contribution in [1.82, 2.24) is 14.9 Å². The SMILES string of the molecule is Cc1ncc(C(C(N)=O)N2CC3CC(C2)O3)cn1. The van der Waals surface area contributed by atoms with Gasteiger partial charge in [0.15, 0.2) is 0 Å². The molecule has 0 saturated carbocycles. The van der Waals surface area contributed by atoms with E-state index in [4.69, 9.17) is 10.5 Å². The number of primary amides is 1. The number of hydrogen-bond donors (Lipinski definition) is 1. The van der Waals surface area contributed by atoms with Crippen molar-refractivity contribution in [2.45, 2.75) is 31.6 Å². The summed E-state index contributed by atoms with van der Waals surface area (Å²) >= 11 is 0. The highest BCUT2D eigenvalue weighted by Crippen LogP contribution is 2.32. The molecule has 6 heteroatoms. The van der Waals surface area contributed by atoms with Crippen molar-refractivity contribution in [3.8, 4) is 0 Å². The zero-order chi connectivity index (χ0) is 12.7. The van der Waals surface area contributed by atoms with Crippen molar-refractivity contribution in [2.75, 3.05) is 13.1 Å². The zero-order valence-corrected chi connectivity index (χ0v) is 10.2. The van der Waals surface area contributed by atoms with Crippen LogP contribution in [0.25, 0.3) is 0 Å². The van der Waals surface area contributed by atoms with Crippen molar-refractivity contribution < 1.29 is 9.53 Å². The third kappa shape index (κ3) is 1.97. The Morgan fingerprint density at radius 1 is 1.44 bits per heavy atom. The van der Waals surface area contributed by atoms with Crippen LogP contribution in [0.4, 0.5) is 0 Å². The molecule has 3 aliphatic heterocycles. The molecule has 0 spiro atoms. The number of morpholine rings is 1. The van der Waals surface area contributed by atoms with E-state index in [1.165, 1.54) is 0 Å². The smallest absolute Gasteiger partial charge is 0.239 e. The number of rotatable bonds is 3. The number of carbonyl (C=O) groups excluding carboxylic acids is 1. The minimum atomic E-state index is -0.445. The molecule has 3 aliphatic rings. The maximum absolute atomic E-state index is 11.7. The molecule has 0 aliphatic carbocycles. The number of fused-ring (bicyclic) bond motifs is 2. The summed E-state index contributed by atoms with van der Waals surface area (Å²) in [6.45, 7) is 3.31. The predicted molar refractivity (Wildman–Crippen MR) is 63.6 cm³/mol. The Kier molecular flexibility index (Phi) is 2.76. The molecule has 3 unspecified atom stereocenters. The Hall–Kier alpha value is -1.53. The van der Waals surface area contributed by atoms with Crippen LogP contribution in [0.5, 0.6) is 0 Å². The van der Waals surface area contributed by atoms with Crippen LogP contribution in [0.1, 0.15) is 23.9 Å². The van der Waals surface area contributed by atoms with Gasteiger partial charge in [0.1, 0.15) is 11.9 Å². The van der Waals surface area contributed by atoms with Crippen molar-refractivity contribution in [3.63, 3.8) is 0 Å². The lowest BCUT2D eigenvalue weighted by atomic mass is 9.95. The topological polar surface area (TPSA) is 81.3 Å². The monoisotopic (exact) mass is 248 g/mol. The highest BCUT2D eigenvalue weighted by Gasteiger charge is 2.42. The third-order valence-electron chi connectivity index (χ3n) is 3.54. The summed E-state index contributed by atoms with van der Waals surface area (Å²) in [4.78, 5) is 22.0. The van der Waals surface area contributed by atoms with Crippen LogP contribution in [-0.2, 0) is 9.53 Å². The van der Waals surface area contributed by atoms with E-state index in [1.54, 1.807) is 12.4 Å². The number of ether oxygens (including phenoxy) is 1. The van der Waals surface area contributed by atoms with Gasteiger partial charge in [-0.25, -0.2) is 9.97 Å². The van der Waals surface area contributed by atoms with Crippen LogP contribution in [0.15, 0.2) is 12.4 Å². The molecule has 0 radical (unpaired) electrons. The van der Waals surface area contributed by atoms with E-state index in [2.05, 4.69) is 14.9 Å². The largest absolute Gasteiger partial charge is 0.372 e. The van der Waals surface area contributed by atoms with E-state index >= 15 is 0 Å². The Bertz CT molecular complexity index is 446. The number of carbonyl (C=O) groups is 1. The van der Waals surface area contributed by atoms with Gasteiger partial charge in [0.05, 0.1) is 12.2 Å². The normalized spacial score (nSPS) is 28.5. The van der Waals surface area contributed by atoms with Gasteiger partial charge >= 0.3 is 0 Å². The van der Waals surface area contributed by atoms with Gasteiger partial charge in [-0.3, -0.25) is 9.69 Å². The lowest BCUT2D eigenvalue weighted by Crippen LogP contribution is -2.59. The van der Waals surface area contributed by atoms with Crippen LogP contribution in [-0.4, -0.2) is 46.1 Å². The summed E-state index contributed by atoms with van der Waals surface area (Å²) in [5.74, 6) is 0.329. The Labute approximate surface area is 105 Å². The van der Waals surface area contributed by atoms with Gasteiger partial charge < -0.3 is 10.5 Å². The zero-order valence-electron chi connectivity index (χ0n) is 10.2. The first-order valence-corrected chi connectivity index (χ1v) is 6.11. The molecule has 1 aromatic rings. The first-order chi connectivity index (χ1) is 8.63. The second kappa shape index (κ2) is 4.29. The maximum Gasteiger partial charge on any atom is 0.239 e. The number of piperidine rings is 1. The van der Waals surface area contributed by atoms with E-state index in [0.29, 0.717) is 5.82 Å². The van der Waals surface area contributed by atoms with Gasteiger partial charge in [0, 0.05) is 37.5 Å². The molecule has 1 amide bonds. The molecule has 0 aromatic carbocycles. The number of nitrogens with two attached hydrogens (primary N) is 1. The van der Waals surface area contributed by atoms with E-state index < -0.39 is 6.04 Å². The molecule has 4 rings (SSSR count). The number of aromatic nitrogens is 2. The van der Waals surface area contributed by atoms with Crippen LogP contribution < -0.4 is 5.73 Å². The minimum absolute atomic E-state index is 0.247. The fourth-order valence-corrected chi connectivity index (χ4v) is 2.70. The van der Waals surface area contributed by atoms with Gasteiger partial charge in [-0.15, -0.1) is 0 Å². The average Bonchev–Trinajstić information content (AvgIpc) is 2.31. The lowest BCUT2D eigenvalue weighted by molar-refractivity contribution is -0.189. The van der Waals surface area contributed by atoms with Crippen molar-refractivity contribution >= 4 is 5.91 Å². The van der Waals surface area contributed by atoms with Gasteiger partial charge in [0.2, 0.25) is 5.91 Å². The standard InChI is InChI=1S/C12H16N4O2/c1-7-14-3-8(4-15-7)11(12(13)17)16-5-9-2-10(6-16)18-9/h3-4,9-11H,2,5-6H2,1H3,(H2,13,17). The van der Waals surface area contributed by atoms with Crippen molar-refractivity contribution in [1.29, 1.82) is 0 Å². The molecule has 3 saturated heterocycles. The highest BCUT2D eigenvalue weighted by atomic mass is 16.5. The number of hydrogen-bond acceptors (Lipinski definition) is 5. The predicted octanol–water partition coefficient (Wildman–Crippen LogP) is -0.215. The van der Waals surface area contributed by atoms with Crippen LogP contribution in [0.3, 0.4) is 0 Å². The fourth-order valence-electron chi connectivity index (χ4n) is 2.70. The lowest BCUT2D eigenvalue weighted by Gasteiger charge is -2.48. The molecule has 1 aromatic heterocycles. The molecule has 96 valence electrons. The molecule has 18 heavy (non-hydrogen) atoms. The van der Waals surface area contributed by atoms with Gasteiger partial charge in [0.25, 0.3) is 0 Å². The molecule has 6 nitrogen and oxygen atoms in total. The average molecular weight is 248 g/mol. The molecule has 2 bridgehead atoms. The second-order valence-electron chi connectivity index (χ2n) is 4.94.